The van der Waals surface area contributed by atoms with Crippen LogP contribution in [0.5, 0.6) is 0 Å². The number of hydrogen-bond donors (Lipinski definition) is 4. The van der Waals surface area contributed by atoms with Crippen molar-refractivity contribution in [2.45, 2.75) is 173 Å². The Hall–Kier alpha value is -0.650. The van der Waals surface area contributed by atoms with E-state index in [0.717, 1.165) is 32.1 Å². The van der Waals surface area contributed by atoms with Gasteiger partial charge in [-0.2, -0.15) is 0 Å². The molecule has 0 aliphatic heterocycles. The molecule has 1 amide bonds. The molecule has 0 radical (unpaired) electrons. The first kappa shape index (κ1) is 33.4. The van der Waals surface area contributed by atoms with Crippen LogP contribution in [0.1, 0.15) is 155 Å². The average Bonchev–Trinajstić information content (AvgIpc) is 2.84. The normalized spacial score (nSPS) is 14.1. The fourth-order valence-corrected chi connectivity index (χ4v) is 4.54. The largest absolute Gasteiger partial charge is 0.394 e. The van der Waals surface area contributed by atoms with Crippen LogP contribution < -0.4 is 5.32 Å². The average molecular weight is 486 g/mol. The molecule has 0 aromatic heterocycles. The van der Waals surface area contributed by atoms with Crippen molar-refractivity contribution in [3.8, 4) is 0 Å². The predicted octanol–water partition coefficient (Wildman–Crippen LogP) is 6.81. The molecule has 4 N–H and O–H groups in total. The van der Waals surface area contributed by atoms with Crippen molar-refractivity contribution in [1.29, 1.82) is 0 Å². The lowest BCUT2D eigenvalue weighted by Crippen LogP contribution is -2.49. The molecule has 3 atom stereocenters. The topological polar surface area (TPSA) is 89.8 Å². The standard InChI is InChI=1S/C29H59NO4/c1-3-5-7-9-11-13-14-16-18-20-22-24-28(33)29(34)30-26(25-31)27(32)23-21-19-17-15-12-10-8-6-4-2/h26-28,31-33H,3-25H2,1-2H3,(H,30,34). The first-order chi connectivity index (χ1) is 16.6. The molecule has 204 valence electrons. The Bertz CT molecular complexity index is 432. The van der Waals surface area contributed by atoms with E-state index in [1.807, 2.05) is 0 Å². The highest BCUT2D eigenvalue weighted by atomic mass is 16.3. The number of hydrogen-bond acceptors (Lipinski definition) is 4. The molecule has 0 aliphatic carbocycles. The van der Waals surface area contributed by atoms with Crippen LogP contribution in [0, 0.1) is 0 Å². The van der Waals surface area contributed by atoms with Gasteiger partial charge in [0.25, 0.3) is 0 Å². The fourth-order valence-electron chi connectivity index (χ4n) is 4.54. The molecule has 0 heterocycles. The second-order valence-electron chi connectivity index (χ2n) is 10.3. The smallest absolute Gasteiger partial charge is 0.249 e. The Balaban J connectivity index is 3.76. The molecule has 0 aliphatic rings. The van der Waals surface area contributed by atoms with Gasteiger partial charge in [0, 0.05) is 0 Å². The zero-order valence-electron chi connectivity index (χ0n) is 22.7. The van der Waals surface area contributed by atoms with E-state index in [2.05, 4.69) is 19.2 Å². The maximum atomic E-state index is 12.3. The number of carbonyl (C=O) groups is 1. The first-order valence-electron chi connectivity index (χ1n) is 14.8. The molecule has 0 rings (SSSR count). The summed E-state index contributed by atoms with van der Waals surface area (Å²) < 4.78 is 0. The SMILES string of the molecule is CCCCCCCCCCCCCC(O)C(=O)NC(CO)C(O)CCCCCCCCCCC. The van der Waals surface area contributed by atoms with Gasteiger partial charge in [-0.05, 0) is 12.8 Å². The van der Waals surface area contributed by atoms with Crippen LogP contribution in [-0.4, -0.2) is 46.1 Å². The van der Waals surface area contributed by atoms with Crippen molar-refractivity contribution in [2.75, 3.05) is 6.61 Å². The highest BCUT2D eigenvalue weighted by molar-refractivity contribution is 5.80. The van der Waals surface area contributed by atoms with Gasteiger partial charge in [-0.3, -0.25) is 4.79 Å². The van der Waals surface area contributed by atoms with Gasteiger partial charge in [0.2, 0.25) is 5.91 Å². The Kier molecular flexibility index (Phi) is 25.0. The Morgan fingerprint density at radius 2 is 0.941 bits per heavy atom. The molecule has 0 aromatic rings. The summed E-state index contributed by atoms with van der Waals surface area (Å²) in [4.78, 5) is 12.3. The number of carbonyl (C=O) groups excluding carboxylic acids is 1. The van der Waals surface area contributed by atoms with Crippen molar-refractivity contribution >= 4 is 5.91 Å². The summed E-state index contributed by atoms with van der Waals surface area (Å²) in [6.07, 6.45) is 23.6. The molecule has 0 saturated carbocycles. The number of unbranched alkanes of at least 4 members (excludes halogenated alkanes) is 18. The Labute approximate surface area is 211 Å². The molecule has 0 saturated heterocycles. The molecule has 0 aromatic carbocycles. The molecule has 0 bridgehead atoms. The predicted molar refractivity (Wildman–Crippen MR) is 144 cm³/mol. The number of amides is 1. The number of aliphatic hydroxyl groups is 3. The molecule has 34 heavy (non-hydrogen) atoms. The van der Waals surface area contributed by atoms with Gasteiger partial charge in [-0.15, -0.1) is 0 Å². The fraction of sp³-hybridized carbons (Fsp3) is 0.966. The quantitative estimate of drug-likeness (QED) is 0.101. The summed E-state index contributed by atoms with van der Waals surface area (Å²) in [5, 5.41) is 32.8. The number of aliphatic hydroxyl groups excluding tert-OH is 3. The highest BCUT2D eigenvalue weighted by Gasteiger charge is 2.23. The summed E-state index contributed by atoms with van der Waals surface area (Å²) in [5.74, 6) is -0.475. The van der Waals surface area contributed by atoms with E-state index in [1.165, 1.54) is 96.3 Å². The van der Waals surface area contributed by atoms with E-state index in [0.29, 0.717) is 12.8 Å². The van der Waals surface area contributed by atoms with Gasteiger partial charge in [0.05, 0.1) is 18.8 Å². The van der Waals surface area contributed by atoms with Gasteiger partial charge in [-0.1, -0.05) is 142 Å². The maximum Gasteiger partial charge on any atom is 0.249 e. The minimum atomic E-state index is -1.06. The maximum absolute atomic E-state index is 12.3. The molecule has 0 fully saturated rings. The number of nitrogens with one attached hydrogen (secondary N) is 1. The third-order valence-electron chi connectivity index (χ3n) is 6.98. The molecule has 3 unspecified atom stereocenters. The van der Waals surface area contributed by atoms with Crippen LogP contribution >= 0.6 is 0 Å². The molecule has 5 nitrogen and oxygen atoms in total. The van der Waals surface area contributed by atoms with Gasteiger partial charge in [0.15, 0.2) is 0 Å². The van der Waals surface area contributed by atoms with Crippen molar-refractivity contribution in [2.24, 2.45) is 0 Å². The summed E-state index contributed by atoms with van der Waals surface area (Å²) in [6, 6.07) is -0.700. The molecule has 0 spiro atoms. The van der Waals surface area contributed by atoms with Crippen LogP contribution in [0.2, 0.25) is 0 Å². The lowest BCUT2D eigenvalue weighted by atomic mass is 10.0. The van der Waals surface area contributed by atoms with Crippen LogP contribution in [0.15, 0.2) is 0 Å². The van der Waals surface area contributed by atoms with E-state index in [4.69, 9.17) is 0 Å². The summed E-state index contributed by atoms with van der Waals surface area (Å²) in [7, 11) is 0. The van der Waals surface area contributed by atoms with E-state index >= 15 is 0 Å². The molecular formula is C29H59NO4. The summed E-state index contributed by atoms with van der Waals surface area (Å²) in [5.41, 5.74) is 0. The second-order valence-corrected chi connectivity index (χ2v) is 10.3. The van der Waals surface area contributed by atoms with Crippen LogP contribution in [0.25, 0.3) is 0 Å². The molecular weight excluding hydrogens is 426 g/mol. The summed E-state index contributed by atoms with van der Waals surface area (Å²) >= 11 is 0. The minimum absolute atomic E-state index is 0.310. The first-order valence-corrected chi connectivity index (χ1v) is 14.8. The monoisotopic (exact) mass is 485 g/mol. The lowest BCUT2D eigenvalue weighted by molar-refractivity contribution is -0.131. The Morgan fingerprint density at radius 1 is 0.588 bits per heavy atom. The van der Waals surface area contributed by atoms with Crippen molar-refractivity contribution in [1.82, 2.24) is 5.32 Å². The van der Waals surface area contributed by atoms with E-state index < -0.39 is 24.2 Å². The molecule has 5 heteroatoms. The zero-order valence-corrected chi connectivity index (χ0v) is 22.7. The minimum Gasteiger partial charge on any atom is -0.394 e. The van der Waals surface area contributed by atoms with Gasteiger partial charge >= 0.3 is 0 Å². The second kappa shape index (κ2) is 25.4. The van der Waals surface area contributed by atoms with Gasteiger partial charge in [0.1, 0.15) is 6.10 Å². The number of rotatable bonds is 26. The van der Waals surface area contributed by atoms with E-state index in [1.54, 1.807) is 0 Å². The van der Waals surface area contributed by atoms with E-state index in [-0.39, 0.29) is 6.61 Å². The van der Waals surface area contributed by atoms with Crippen LogP contribution in [0.3, 0.4) is 0 Å². The Morgan fingerprint density at radius 3 is 1.32 bits per heavy atom. The van der Waals surface area contributed by atoms with E-state index in [9.17, 15) is 20.1 Å². The van der Waals surface area contributed by atoms with Crippen molar-refractivity contribution in [3.05, 3.63) is 0 Å². The van der Waals surface area contributed by atoms with Gasteiger partial charge < -0.3 is 20.6 Å². The van der Waals surface area contributed by atoms with Crippen LogP contribution in [-0.2, 0) is 4.79 Å². The highest BCUT2D eigenvalue weighted by Crippen LogP contribution is 2.14. The lowest BCUT2D eigenvalue weighted by Gasteiger charge is -2.23. The van der Waals surface area contributed by atoms with Crippen molar-refractivity contribution in [3.63, 3.8) is 0 Å². The third kappa shape index (κ3) is 20.7. The third-order valence-corrected chi connectivity index (χ3v) is 6.98. The zero-order chi connectivity index (χ0) is 25.3. The summed E-state index contributed by atoms with van der Waals surface area (Å²) in [6.45, 7) is 4.16. The van der Waals surface area contributed by atoms with Gasteiger partial charge in [-0.25, -0.2) is 0 Å². The van der Waals surface area contributed by atoms with Crippen LogP contribution in [0.4, 0.5) is 0 Å². The van der Waals surface area contributed by atoms with Crippen molar-refractivity contribution < 1.29 is 20.1 Å².